The molecule has 0 saturated carbocycles. The van der Waals surface area contributed by atoms with Gasteiger partial charge in [-0.05, 0) is 36.6 Å². The molecule has 0 saturated heterocycles. The van der Waals surface area contributed by atoms with E-state index in [0.29, 0.717) is 21.7 Å². The number of rotatable bonds is 8. The van der Waals surface area contributed by atoms with Crippen molar-refractivity contribution in [1.29, 1.82) is 0 Å². The zero-order chi connectivity index (χ0) is 15.9. The van der Waals surface area contributed by atoms with Gasteiger partial charge >= 0.3 is 0 Å². The number of carbonyl (C=O) groups excluding carboxylic acids is 1. The third kappa shape index (κ3) is 5.13. The molecule has 0 spiro atoms. The molecule has 2 aromatic rings. The lowest BCUT2D eigenvalue weighted by molar-refractivity contribution is 0.100. The highest BCUT2D eigenvalue weighted by atomic mass is 32.1. The largest absolute Gasteiger partial charge is 0.431 e. The van der Waals surface area contributed by atoms with Gasteiger partial charge in [0.15, 0.2) is 0 Å². The molecule has 0 aliphatic rings. The van der Waals surface area contributed by atoms with Crippen LogP contribution in [0.25, 0.3) is 0 Å². The van der Waals surface area contributed by atoms with Gasteiger partial charge in [0.2, 0.25) is 0 Å². The first-order valence-electron chi connectivity index (χ1n) is 7.27. The van der Waals surface area contributed by atoms with Gasteiger partial charge in [0.05, 0.1) is 6.20 Å². The van der Waals surface area contributed by atoms with Crippen LogP contribution in [0.2, 0.25) is 0 Å². The van der Waals surface area contributed by atoms with Crippen molar-refractivity contribution in [2.75, 3.05) is 6.54 Å². The Morgan fingerprint density at radius 2 is 2.09 bits per heavy atom. The van der Waals surface area contributed by atoms with Crippen molar-refractivity contribution in [3.05, 3.63) is 40.9 Å². The lowest BCUT2D eigenvalue weighted by Gasteiger charge is -2.07. The Balaban J connectivity index is 1.84. The molecule has 1 aromatic heterocycles. The number of nitrogens with one attached hydrogen (secondary N) is 1. The molecule has 0 aliphatic carbocycles. The Hall–Kier alpha value is -1.92. The van der Waals surface area contributed by atoms with Crippen LogP contribution in [0.1, 0.15) is 35.5 Å². The first-order chi connectivity index (χ1) is 10.5. The van der Waals surface area contributed by atoms with E-state index in [1.165, 1.54) is 18.2 Å². The molecule has 0 bridgehead atoms. The molecule has 3 N–H and O–H groups in total. The second-order valence-electron chi connectivity index (χ2n) is 5.46. The van der Waals surface area contributed by atoms with Gasteiger partial charge in [-0.3, -0.25) is 4.79 Å². The number of aromatic nitrogens is 1. The topological polar surface area (TPSA) is 77.2 Å². The molecule has 22 heavy (non-hydrogen) atoms. The molecule has 1 aromatic carbocycles. The highest BCUT2D eigenvalue weighted by Gasteiger charge is 2.08. The normalized spacial score (nSPS) is 10.9. The number of hydrogen-bond donors (Lipinski definition) is 2. The van der Waals surface area contributed by atoms with E-state index in [1.54, 1.807) is 0 Å². The smallest absolute Gasteiger partial charge is 0.279 e. The standard InChI is InChI=1S/C16H21N3O2S/c1-11(2)7-8-18-9-12-3-5-13(6-4-12)21-16-19-10-14(22-16)15(17)20/h3-6,10-11,18H,7-9H2,1-2H3,(H2,17,20). The molecule has 6 heteroatoms. The van der Waals surface area contributed by atoms with E-state index in [4.69, 9.17) is 10.5 Å². The summed E-state index contributed by atoms with van der Waals surface area (Å²) in [7, 11) is 0. The molecule has 1 amide bonds. The monoisotopic (exact) mass is 319 g/mol. The Morgan fingerprint density at radius 3 is 2.68 bits per heavy atom. The van der Waals surface area contributed by atoms with Gasteiger partial charge in [-0.15, -0.1) is 0 Å². The number of nitrogens with two attached hydrogens (primary N) is 1. The lowest BCUT2D eigenvalue weighted by atomic mass is 10.1. The summed E-state index contributed by atoms with van der Waals surface area (Å²) >= 11 is 1.14. The van der Waals surface area contributed by atoms with Gasteiger partial charge in [-0.2, -0.15) is 0 Å². The van der Waals surface area contributed by atoms with Crippen LogP contribution in [-0.2, 0) is 6.54 Å². The minimum Gasteiger partial charge on any atom is -0.431 e. The van der Waals surface area contributed by atoms with E-state index in [-0.39, 0.29) is 0 Å². The maximum Gasteiger partial charge on any atom is 0.279 e. The van der Waals surface area contributed by atoms with Crippen molar-refractivity contribution in [3.8, 4) is 10.9 Å². The fraction of sp³-hybridized carbons (Fsp3) is 0.375. The van der Waals surface area contributed by atoms with Crippen LogP contribution in [0.5, 0.6) is 10.9 Å². The van der Waals surface area contributed by atoms with E-state index >= 15 is 0 Å². The zero-order valence-electron chi connectivity index (χ0n) is 12.8. The van der Waals surface area contributed by atoms with Crippen LogP contribution in [0, 0.1) is 5.92 Å². The summed E-state index contributed by atoms with van der Waals surface area (Å²) in [5, 5.41) is 3.83. The lowest BCUT2D eigenvalue weighted by Crippen LogP contribution is -2.16. The second-order valence-corrected chi connectivity index (χ2v) is 6.45. The Morgan fingerprint density at radius 1 is 1.36 bits per heavy atom. The number of carbonyl (C=O) groups is 1. The van der Waals surface area contributed by atoms with Crippen LogP contribution >= 0.6 is 11.3 Å². The van der Waals surface area contributed by atoms with Crippen LogP contribution in [-0.4, -0.2) is 17.4 Å². The Bertz CT molecular complexity index is 608. The van der Waals surface area contributed by atoms with Crippen molar-refractivity contribution in [3.63, 3.8) is 0 Å². The third-order valence-corrected chi connectivity index (χ3v) is 3.97. The SMILES string of the molecule is CC(C)CCNCc1ccc(Oc2ncc(C(N)=O)s2)cc1. The summed E-state index contributed by atoms with van der Waals surface area (Å²) in [6.45, 7) is 6.30. The third-order valence-electron chi connectivity index (χ3n) is 3.08. The highest BCUT2D eigenvalue weighted by molar-refractivity contribution is 7.15. The summed E-state index contributed by atoms with van der Waals surface area (Å²) in [5.41, 5.74) is 6.39. The first kappa shape index (κ1) is 16.5. The molecular weight excluding hydrogens is 298 g/mol. The zero-order valence-corrected chi connectivity index (χ0v) is 13.7. The average molecular weight is 319 g/mol. The summed E-state index contributed by atoms with van der Waals surface area (Å²) in [6, 6.07) is 7.82. The molecular formula is C16H21N3O2S. The van der Waals surface area contributed by atoms with Gasteiger partial charge in [0.25, 0.3) is 11.1 Å². The number of nitrogens with zero attached hydrogens (tertiary/aromatic N) is 1. The van der Waals surface area contributed by atoms with Gasteiger partial charge in [0, 0.05) is 6.54 Å². The van der Waals surface area contributed by atoms with Gasteiger partial charge in [-0.1, -0.05) is 37.3 Å². The number of benzene rings is 1. The van der Waals surface area contributed by atoms with Crippen LogP contribution in [0.4, 0.5) is 0 Å². The van der Waals surface area contributed by atoms with E-state index in [1.807, 2.05) is 24.3 Å². The predicted octanol–water partition coefficient (Wildman–Crippen LogP) is 3.17. The molecule has 1 heterocycles. The molecule has 0 atom stereocenters. The second kappa shape index (κ2) is 7.91. The summed E-state index contributed by atoms with van der Waals surface area (Å²) in [6.07, 6.45) is 2.60. The maximum atomic E-state index is 11.0. The maximum absolute atomic E-state index is 11.0. The van der Waals surface area contributed by atoms with Crippen molar-refractivity contribution in [2.24, 2.45) is 11.7 Å². The summed E-state index contributed by atoms with van der Waals surface area (Å²) in [5.74, 6) is 0.915. The Labute approximate surface area is 134 Å². The minimum absolute atomic E-state index is 0.390. The number of amides is 1. The molecule has 118 valence electrons. The highest BCUT2D eigenvalue weighted by Crippen LogP contribution is 2.26. The molecule has 0 fully saturated rings. The quantitative estimate of drug-likeness (QED) is 0.733. The van der Waals surface area contributed by atoms with Crippen molar-refractivity contribution in [1.82, 2.24) is 10.3 Å². The molecule has 0 aliphatic heterocycles. The van der Waals surface area contributed by atoms with Crippen LogP contribution in [0.3, 0.4) is 0 Å². The summed E-state index contributed by atoms with van der Waals surface area (Å²) in [4.78, 5) is 15.4. The molecule has 0 unspecified atom stereocenters. The van der Waals surface area contributed by atoms with Crippen LogP contribution in [0.15, 0.2) is 30.5 Å². The van der Waals surface area contributed by atoms with Crippen molar-refractivity contribution < 1.29 is 9.53 Å². The van der Waals surface area contributed by atoms with Crippen LogP contribution < -0.4 is 15.8 Å². The summed E-state index contributed by atoms with van der Waals surface area (Å²) < 4.78 is 5.60. The number of hydrogen-bond acceptors (Lipinski definition) is 5. The fourth-order valence-corrected chi connectivity index (χ4v) is 2.46. The molecule has 5 nitrogen and oxygen atoms in total. The van der Waals surface area contributed by atoms with Gasteiger partial charge in [-0.25, -0.2) is 4.98 Å². The number of primary amides is 1. The molecule has 2 rings (SSSR count). The fourth-order valence-electron chi connectivity index (χ4n) is 1.82. The van der Waals surface area contributed by atoms with Gasteiger partial charge < -0.3 is 15.8 Å². The van der Waals surface area contributed by atoms with Gasteiger partial charge in [0.1, 0.15) is 10.6 Å². The van der Waals surface area contributed by atoms with E-state index in [0.717, 1.165) is 24.4 Å². The number of ether oxygens (including phenoxy) is 1. The molecule has 0 radical (unpaired) electrons. The van der Waals surface area contributed by atoms with E-state index in [9.17, 15) is 4.79 Å². The minimum atomic E-state index is -0.491. The Kier molecular flexibility index (Phi) is 5.91. The van der Waals surface area contributed by atoms with E-state index in [2.05, 4.69) is 24.1 Å². The van der Waals surface area contributed by atoms with Crippen molar-refractivity contribution >= 4 is 17.2 Å². The van der Waals surface area contributed by atoms with E-state index < -0.39 is 5.91 Å². The van der Waals surface area contributed by atoms with Crippen molar-refractivity contribution in [2.45, 2.75) is 26.8 Å². The average Bonchev–Trinajstić information content (AvgIpc) is 2.94. The number of thiazole rings is 1. The predicted molar refractivity (Wildman–Crippen MR) is 88.3 cm³/mol. The first-order valence-corrected chi connectivity index (χ1v) is 8.09.